The van der Waals surface area contributed by atoms with Crippen LogP contribution in [0, 0.1) is 5.82 Å². The van der Waals surface area contributed by atoms with Crippen LogP contribution in [0.5, 0.6) is 0 Å². The van der Waals surface area contributed by atoms with Gasteiger partial charge < -0.3 is 15.8 Å². The molecule has 1 amide bonds. The molecule has 18 heavy (non-hydrogen) atoms. The fourth-order valence-electron chi connectivity index (χ4n) is 2.03. The first kappa shape index (κ1) is 12.8. The minimum absolute atomic E-state index is 0.00930. The van der Waals surface area contributed by atoms with E-state index in [1.807, 2.05) is 6.92 Å². The lowest BCUT2D eigenvalue weighted by Gasteiger charge is -2.27. The molecule has 0 spiro atoms. The molecular formula is C12H16FN3O2. The van der Waals surface area contributed by atoms with Gasteiger partial charge in [-0.15, -0.1) is 0 Å². The Labute approximate surface area is 105 Å². The number of rotatable bonds is 2. The summed E-state index contributed by atoms with van der Waals surface area (Å²) >= 11 is 0. The van der Waals surface area contributed by atoms with Crippen molar-refractivity contribution in [2.24, 2.45) is 0 Å². The van der Waals surface area contributed by atoms with E-state index in [2.05, 4.69) is 10.3 Å². The van der Waals surface area contributed by atoms with E-state index < -0.39 is 11.7 Å². The predicted molar refractivity (Wildman–Crippen MR) is 64.5 cm³/mol. The molecule has 6 heteroatoms. The fraction of sp³-hybridized carbons (Fsp3) is 0.500. The zero-order chi connectivity index (χ0) is 13.1. The first-order chi connectivity index (χ1) is 8.58. The average Bonchev–Trinajstić information content (AvgIpc) is 2.32. The van der Waals surface area contributed by atoms with Crippen molar-refractivity contribution in [3.8, 4) is 0 Å². The highest BCUT2D eigenvalue weighted by Gasteiger charge is 2.23. The van der Waals surface area contributed by atoms with Crippen LogP contribution in [0.1, 0.15) is 30.1 Å². The molecule has 2 atom stereocenters. The molecule has 2 unspecified atom stereocenters. The number of aromatic nitrogens is 1. The third-order valence-corrected chi connectivity index (χ3v) is 2.98. The molecular weight excluding hydrogens is 237 g/mol. The molecule has 2 rings (SSSR count). The third-order valence-electron chi connectivity index (χ3n) is 2.98. The number of nitrogens with zero attached hydrogens (tertiary/aromatic N) is 1. The fourth-order valence-corrected chi connectivity index (χ4v) is 2.03. The highest BCUT2D eigenvalue weighted by molar-refractivity contribution is 5.95. The van der Waals surface area contributed by atoms with Gasteiger partial charge in [0.25, 0.3) is 5.91 Å². The van der Waals surface area contributed by atoms with Gasteiger partial charge in [0, 0.05) is 18.8 Å². The summed E-state index contributed by atoms with van der Waals surface area (Å²) in [6, 6.07) is 1.33. The average molecular weight is 253 g/mol. The van der Waals surface area contributed by atoms with Gasteiger partial charge in [-0.1, -0.05) is 0 Å². The van der Waals surface area contributed by atoms with E-state index in [1.54, 1.807) is 0 Å². The zero-order valence-corrected chi connectivity index (χ0v) is 10.1. The molecule has 98 valence electrons. The van der Waals surface area contributed by atoms with Crippen molar-refractivity contribution in [3.63, 3.8) is 0 Å². The summed E-state index contributed by atoms with van der Waals surface area (Å²) in [7, 11) is 0. The monoisotopic (exact) mass is 253 g/mol. The molecule has 0 aliphatic carbocycles. The second-order valence-corrected chi connectivity index (χ2v) is 4.43. The topological polar surface area (TPSA) is 77.2 Å². The van der Waals surface area contributed by atoms with Crippen LogP contribution in [0.2, 0.25) is 0 Å². The number of pyridine rings is 1. The molecule has 1 aliphatic heterocycles. The number of anilines is 1. The van der Waals surface area contributed by atoms with E-state index in [1.165, 1.54) is 12.3 Å². The Morgan fingerprint density at radius 1 is 1.67 bits per heavy atom. The SMILES string of the molecule is CC1CC(NC(=O)c2ccnc(N)c2F)CCO1. The summed E-state index contributed by atoms with van der Waals surface area (Å²) in [5.74, 6) is -1.49. The number of hydrogen-bond donors (Lipinski definition) is 2. The predicted octanol–water partition coefficient (Wildman–Crippen LogP) is 1.10. The van der Waals surface area contributed by atoms with Crippen molar-refractivity contribution in [1.29, 1.82) is 0 Å². The van der Waals surface area contributed by atoms with E-state index in [0.717, 1.165) is 12.8 Å². The highest BCUT2D eigenvalue weighted by Crippen LogP contribution is 2.16. The van der Waals surface area contributed by atoms with Gasteiger partial charge in [-0.25, -0.2) is 9.37 Å². The number of amides is 1. The number of carbonyl (C=O) groups is 1. The molecule has 1 aliphatic rings. The number of nitrogen functional groups attached to an aromatic ring is 1. The Kier molecular flexibility index (Phi) is 3.76. The van der Waals surface area contributed by atoms with Gasteiger partial charge in [-0.05, 0) is 25.8 Å². The van der Waals surface area contributed by atoms with Gasteiger partial charge >= 0.3 is 0 Å². The number of nitrogens with two attached hydrogens (primary N) is 1. The van der Waals surface area contributed by atoms with Crippen molar-refractivity contribution < 1.29 is 13.9 Å². The van der Waals surface area contributed by atoms with Crippen LogP contribution >= 0.6 is 0 Å². The van der Waals surface area contributed by atoms with Gasteiger partial charge in [0.1, 0.15) is 0 Å². The largest absolute Gasteiger partial charge is 0.381 e. The van der Waals surface area contributed by atoms with Gasteiger partial charge in [-0.2, -0.15) is 0 Å². The number of hydrogen-bond acceptors (Lipinski definition) is 4. The Bertz CT molecular complexity index is 453. The lowest BCUT2D eigenvalue weighted by atomic mass is 10.0. The van der Waals surface area contributed by atoms with E-state index in [-0.39, 0.29) is 23.5 Å². The number of carbonyl (C=O) groups excluding carboxylic acids is 1. The first-order valence-corrected chi connectivity index (χ1v) is 5.90. The van der Waals surface area contributed by atoms with Crippen molar-refractivity contribution in [2.75, 3.05) is 12.3 Å². The molecule has 1 saturated heterocycles. The molecule has 0 saturated carbocycles. The molecule has 1 fully saturated rings. The molecule has 5 nitrogen and oxygen atoms in total. The minimum Gasteiger partial charge on any atom is -0.381 e. The van der Waals surface area contributed by atoms with Crippen molar-refractivity contribution >= 4 is 11.7 Å². The van der Waals surface area contributed by atoms with Crippen LogP contribution in [0.3, 0.4) is 0 Å². The maximum atomic E-state index is 13.6. The molecule has 3 N–H and O–H groups in total. The maximum Gasteiger partial charge on any atom is 0.254 e. The van der Waals surface area contributed by atoms with Crippen molar-refractivity contribution in [1.82, 2.24) is 10.3 Å². The van der Waals surface area contributed by atoms with Crippen molar-refractivity contribution in [2.45, 2.75) is 31.9 Å². The van der Waals surface area contributed by atoms with Crippen LogP contribution in [0.25, 0.3) is 0 Å². The van der Waals surface area contributed by atoms with Crippen molar-refractivity contribution in [3.05, 3.63) is 23.6 Å². The summed E-state index contributed by atoms with van der Waals surface area (Å²) in [6.45, 7) is 2.55. The van der Waals surface area contributed by atoms with Gasteiger partial charge in [0.15, 0.2) is 11.6 Å². The Morgan fingerprint density at radius 3 is 3.17 bits per heavy atom. The number of nitrogens with one attached hydrogen (secondary N) is 1. The maximum absolute atomic E-state index is 13.6. The van der Waals surface area contributed by atoms with E-state index in [0.29, 0.717) is 6.61 Å². The van der Waals surface area contributed by atoms with Gasteiger partial charge in [-0.3, -0.25) is 4.79 Å². The van der Waals surface area contributed by atoms with Crippen LogP contribution in [0.4, 0.5) is 10.2 Å². The van der Waals surface area contributed by atoms with Gasteiger partial charge in [0.05, 0.1) is 11.7 Å². The highest BCUT2D eigenvalue weighted by atomic mass is 19.1. The molecule has 1 aromatic heterocycles. The summed E-state index contributed by atoms with van der Waals surface area (Å²) in [6.07, 6.45) is 2.89. The third kappa shape index (κ3) is 2.76. The van der Waals surface area contributed by atoms with E-state index in [4.69, 9.17) is 10.5 Å². The minimum atomic E-state index is -0.768. The second kappa shape index (κ2) is 5.30. The summed E-state index contributed by atoms with van der Waals surface area (Å²) < 4.78 is 19.0. The van der Waals surface area contributed by atoms with Crippen LogP contribution in [-0.2, 0) is 4.74 Å². The van der Waals surface area contributed by atoms with Crippen LogP contribution in [-0.4, -0.2) is 29.6 Å². The summed E-state index contributed by atoms with van der Waals surface area (Å²) in [4.78, 5) is 15.5. The molecule has 0 bridgehead atoms. The van der Waals surface area contributed by atoms with E-state index >= 15 is 0 Å². The summed E-state index contributed by atoms with van der Waals surface area (Å²) in [5.41, 5.74) is 5.26. The molecule has 0 aromatic carbocycles. The Morgan fingerprint density at radius 2 is 2.44 bits per heavy atom. The Balaban J connectivity index is 2.05. The standard InChI is InChI=1S/C12H16FN3O2/c1-7-6-8(3-5-18-7)16-12(17)9-2-4-15-11(14)10(9)13/h2,4,7-8H,3,5-6H2,1H3,(H2,14,15)(H,16,17). The summed E-state index contributed by atoms with van der Waals surface area (Å²) in [5, 5.41) is 2.79. The van der Waals surface area contributed by atoms with Crippen LogP contribution < -0.4 is 11.1 Å². The number of ether oxygens (including phenoxy) is 1. The normalized spacial score (nSPS) is 23.7. The smallest absolute Gasteiger partial charge is 0.254 e. The first-order valence-electron chi connectivity index (χ1n) is 5.90. The zero-order valence-electron chi connectivity index (χ0n) is 10.1. The van der Waals surface area contributed by atoms with Crippen LogP contribution in [0.15, 0.2) is 12.3 Å². The van der Waals surface area contributed by atoms with Gasteiger partial charge in [0.2, 0.25) is 0 Å². The quantitative estimate of drug-likeness (QED) is 0.827. The second-order valence-electron chi connectivity index (χ2n) is 4.43. The lowest BCUT2D eigenvalue weighted by molar-refractivity contribution is 0.0136. The molecule has 2 heterocycles. The molecule has 1 aromatic rings. The Hall–Kier alpha value is -1.69. The number of halogens is 1. The van der Waals surface area contributed by atoms with E-state index in [9.17, 15) is 9.18 Å². The molecule has 0 radical (unpaired) electrons. The lowest BCUT2D eigenvalue weighted by Crippen LogP contribution is -2.41.